The van der Waals surface area contributed by atoms with Crippen LogP contribution in [-0.4, -0.2) is 55.5 Å². The number of aryl methyl sites for hydroxylation is 1. The Morgan fingerprint density at radius 2 is 1.67 bits per heavy atom. The van der Waals surface area contributed by atoms with E-state index < -0.39 is 10.0 Å². The fourth-order valence-electron chi connectivity index (χ4n) is 3.05. The summed E-state index contributed by atoms with van der Waals surface area (Å²) in [6.45, 7) is 5.47. The molecular formula is C20H24N4O3S3. The average molecular weight is 465 g/mol. The van der Waals surface area contributed by atoms with Gasteiger partial charge < -0.3 is 15.1 Å². The lowest BCUT2D eigenvalue weighted by atomic mass is 10.2. The highest BCUT2D eigenvalue weighted by molar-refractivity contribution is 8.23. The number of thiocarbonyl (C=S) groups is 1. The quantitative estimate of drug-likeness (QED) is 0.656. The Morgan fingerprint density at radius 3 is 2.23 bits per heavy atom. The van der Waals surface area contributed by atoms with E-state index in [1.807, 2.05) is 0 Å². The van der Waals surface area contributed by atoms with E-state index in [2.05, 4.69) is 46.3 Å². The zero-order chi connectivity index (χ0) is 21.7. The Hall–Kier alpha value is -2.14. The molecular weight excluding hydrogens is 440 g/mol. The van der Waals surface area contributed by atoms with E-state index >= 15 is 0 Å². The number of carbonyl (C=O) groups excluding carboxylic acids is 1. The molecule has 0 unspecified atom stereocenters. The zero-order valence-electron chi connectivity index (χ0n) is 16.6. The summed E-state index contributed by atoms with van der Waals surface area (Å²) in [7, 11) is -3.75. The van der Waals surface area contributed by atoms with Gasteiger partial charge in [0, 0.05) is 37.6 Å². The second kappa shape index (κ2) is 9.78. The summed E-state index contributed by atoms with van der Waals surface area (Å²) in [5.41, 5.74) is 2.96. The van der Waals surface area contributed by atoms with Crippen LogP contribution in [0.5, 0.6) is 0 Å². The summed E-state index contributed by atoms with van der Waals surface area (Å²) < 4.78 is 23.3. The van der Waals surface area contributed by atoms with Crippen LogP contribution in [0.3, 0.4) is 0 Å². The summed E-state index contributed by atoms with van der Waals surface area (Å²) in [5.74, 6) is -0.0162. The molecule has 1 aliphatic heterocycles. The van der Waals surface area contributed by atoms with Crippen LogP contribution in [0.1, 0.15) is 5.56 Å². The Labute approximate surface area is 186 Å². The first-order chi connectivity index (χ1) is 14.2. The van der Waals surface area contributed by atoms with Gasteiger partial charge in [0.25, 0.3) is 0 Å². The van der Waals surface area contributed by atoms with Gasteiger partial charge in [-0.1, -0.05) is 41.7 Å². The lowest BCUT2D eigenvalue weighted by Gasteiger charge is -2.37. The second-order valence-electron chi connectivity index (χ2n) is 6.98. The fourth-order valence-corrected chi connectivity index (χ4v) is 4.61. The molecule has 0 atom stereocenters. The maximum Gasteiger partial charge on any atom is 0.238 e. The summed E-state index contributed by atoms with van der Waals surface area (Å²) >= 11 is 6.82. The van der Waals surface area contributed by atoms with Gasteiger partial charge in [-0.25, -0.2) is 13.6 Å². The first-order valence-electron chi connectivity index (χ1n) is 9.38. The molecule has 0 radical (unpaired) electrons. The molecule has 10 heteroatoms. The SMILES string of the molecule is Cc1ccc(N2CCN(C(=S)SCC(=O)Nc3ccc(S(N)(=O)=O)cc3)CC2)cc1. The van der Waals surface area contributed by atoms with Gasteiger partial charge in [-0.3, -0.25) is 4.79 Å². The number of rotatable bonds is 5. The Bertz CT molecular complexity index is 1000. The van der Waals surface area contributed by atoms with Crippen LogP contribution in [0.2, 0.25) is 0 Å². The van der Waals surface area contributed by atoms with Crippen LogP contribution in [0.25, 0.3) is 0 Å². The van der Waals surface area contributed by atoms with Crippen molar-refractivity contribution in [2.75, 3.05) is 42.1 Å². The highest BCUT2D eigenvalue weighted by atomic mass is 32.2. The molecule has 3 rings (SSSR count). The molecule has 160 valence electrons. The van der Waals surface area contributed by atoms with Crippen LogP contribution >= 0.6 is 24.0 Å². The lowest BCUT2D eigenvalue weighted by Crippen LogP contribution is -2.47. The molecule has 1 amide bonds. The number of sulfonamides is 1. The summed E-state index contributed by atoms with van der Waals surface area (Å²) in [6, 6.07) is 14.2. The molecule has 0 aromatic heterocycles. The molecule has 7 nitrogen and oxygen atoms in total. The highest BCUT2D eigenvalue weighted by Gasteiger charge is 2.20. The number of carbonyl (C=O) groups is 1. The van der Waals surface area contributed by atoms with Gasteiger partial charge in [-0.05, 0) is 43.3 Å². The maximum absolute atomic E-state index is 12.2. The third kappa shape index (κ3) is 6.18. The monoisotopic (exact) mass is 464 g/mol. The second-order valence-corrected chi connectivity index (χ2v) is 10.2. The smallest absolute Gasteiger partial charge is 0.238 e. The molecule has 0 bridgehead atoms. The molecule has 2 aromatic rings. The summed E-state index contributed by atoms with van der Waals surface area (Å²) in [4.78, 5) is 16.6. The molecule has 1 aliphatic rings. The maximum atomic E-state index is 12.2. The van der Waals surface area contributed by atoms with Crippen molar-refractivity contribution >= 4 is 55.6 Å². The van der Waals surface area contributed by atoms with Crippen molar-refractivity contribution in [1.29, 1.82) is 0 Å². The van der Waals surface area contributed by atoms with Crippen LogP contribution < -0.4 is 15.4 Å². The Kier molecular flexibility index (Phi) is 7.35. The molecule has 1 fully saturated rings. The van der Waals surface area contributed by atoms with Gasteiger partial charge in [-0.2, -0.15) is 0 Å². The normalized spacial score (nSPS) is 14.5. The largest absolute Gasteiger partial charge is 0.368 e. The van der Waals surface area contributed by atoms with E-state index in [0.717, 1.165) is 26.2 Å². The number of hydrogen-bond acceptors (Lipinski definition) is 6. The van der Waals surface area contributed by atoms with Crippen molar-refractivity contribution in [3.63, 3.8) is 0 Å². The first kappa shape index (κ1) is 22.5. The third-order valence-electron chi connectivity index (χ3n) is 4.73. The number of nitrogens with two attached hydrogens (primary N) is 1. The van der Waals surface area contributed by atoms with Crippen LogP contribution in [0, 0.1) is 6.92 Å². The van der Waals surface area contributed by atoms with Crippen LogP contribution in [0.4, 0.5) is 11.4 Å². The number of amides is 1. The van der Waals surface area contributed by atoms with E-state index in [-0.39, 0.29) is 16.6 Å². The summed E-state index contributed by atoms with van der Waals surface area (Å²) in [5, 5.41) is 7.80. The molecule has 3 N–H and O–H groups in total. The molecule has 0 aliphatic carbocycles. The van der Waals surface area contributed by atoms with E-state index in [4.69, 9.17) is 17.4 Å². The van der Waals surface area contributed by atoms with Crippen LogP contribution in [-0.2, 0) is 14.8 Å². The standard InChI is InChI=1S/C20H24N4O3S3/c1-15-2-6-17(7-3-15)23-10-12-24(13-11-23)20(28)29-14-19(25)22-16-4-8-18(9-5-16)30(21,26)27/h2-9H,10-14H2,1H3,(H,22,25)(H2,21,26,27). The number of benzene rings is 2. The fraction of sp³-hybridized carbons (Fsp3) is 0.300. The predicted octanol–water partition coefficient (Wildman–Crippen LogP) is 2.42. The molecule has 30 heavy (non-hydrogen) atoms. The van der Waals surface area contributed by atoms with Crippen molar-refractivity contribution < 1.29 is 13.2 Å². The molecule has 0 spiro atoms. The zero-order valence-corrected chi connectivity index (χ0v) is 19.0. The van der Waals surface area contributed by atoms with Gasteiger partial charge in [0.2, 0.25) is 15.9 Å². The van der Waals surface area contributed by atoms with Crippen molar-refractivity contribution in [3.8, 4) is 0 Å². The Morgan fingerprint density at radius 1 is 1.07 bits per heavy atom. The lowest BCUT2D eigenvalue weighted by molar-refractivity contribution is -0.113. The van der Waals surface area contributed by atoms with Crippen LogP contribution in [0.15, 0.2) is 53.4 Å². The average Bonchev–Trinajstić information content (AvgIpc) is 2.72. The number of nitrogens with one attached hydrogen (secondary N) is 1. The van der Waals surface area contributed by atoms with E-state index in [1.54, 1.807) is 0 Å². The van der Waals surface area contributed by atoms with Gasteiger partial charge >= 0.3 is 0 Å². The molecule has 1 saturated heterocycles. The van der Waals surface area contributed by atoms with Gasteiger partial charge in [0.1, 0.15) is 4.32 Å². The third-order valence-corrected chi connectivity index (χ3v) is 7.18. The minimum absolute atomic E-state index is 0.000770. The van der Waals surface area contributed by atoms with E-state index in [9.17, 15) is 13.2 Å². The van der Waals surface area contributed by atoms with Crippen molar-refractivity contribution in [1.82, 2.24) is 4.90 Å². The van der Waals surface area contributed by atoms with E-state index in [1.165, 1.54) is 47.3 Å². The number of piperazine rings is 1. The number of thioether (sulfide) groups is 1. The van der Waals surface area contributed by atoms with Gasteiger partial charge in [0.05, 0.1) is 10.6 Å². The van der Waals surface area contributed by atoms with E-state index in [0.29, 0.717) is 10.0 Å². The number of primary sulfonamides is 1. The van der Waals surface area contributed by atoms with Gasteiger partial charge in [-0.15, -0.1) is 0 Å². The van der Waals surface area contributed by atoms with Crippen molar-refractivity contribution in [2.45, 2.75) is 11.8 Å². The Balaban J connectivity index is 1.43. The summed E-state index contributed by atoms with van der Waals surface area (Å²) in [6.07, 6.45) is 0. The minimum atomic E-state index is -3.75. The van der Waals surface area contributed by atoms with Crippen molar-refractivity contribution in [3.05, 3.63) is 54.1 Å². The molecule has 0 saturated carbocycles. The number of anilines is 2. The molecule has 1 heterocycles. The molecule has 2 aromatic carbocycles. The topological polar surface area (TPSA) is 95.7 Å². The minimum Gasteiger partial charge on any atom is -0.368 e. The number of nitrogens with zero attached hydrogens (tertiary/aromatic N) is 2. The first-order valence-corrected chi connectivity index (χ1v) is 12.3. The van der Waals surface area contributed by atoms with Gasteiger partial charge in [0.15, 0.2) is 0 Å². The van der Waals surface area contributed by atoms with Crippen molar-refractivity contribution in [2.24, 2.45) is 5.14 Å². The highest BCUT2D eigenvalue weighted by Crippen LogP contribution is 2.20. The number of hydrogen-bond donors (Lipinski definition) is 2. The predicted molar refractivity (Wildman–Crippen MR) is 126 cm³/mol.